The maximum Gasteiger partial charge on any atom is 0.242 e. The summed E-state index contributed by atoms with van der Waals surface area (Å²) < 4.78 is 26.6. The van der Waals surface area contributed by atoms with E-state index in [9.17, 15) is 13.2 Å². The Morgan fingerprint density at radius 2 is 1.65 bits per heavy atom. The summed E-state index contributed by atoms with van der Waals surface area (Å²) in [5.74, 6) is -0.446. The first-order valence-corrected chi connectivity index (χ1v) is 8.77. The third-order valence-corrected chi connectivity index (χ3v) is 5.20. The minimum absolute atomic E-state index is 0.0541. The number of carbonyl (C=O) groups excluding carboxylic acids is 1. The fourth-order valence-electron chi connectivity index (χ4n) is 2.10. The Labute approximate surface area is 140 Å². The number of para-hydroxylation sites is 1. The van der Waals surface area contributed by atoms with E-state index >= 15 is 0 Å². The van der Waals surface area contributed by atoms with E-state index in [1.165, 1.54) is 12.1 Å². The summed E-state index contributed by atoms with van der Waals surface area (Å²) in [5.41, 5.74) is 2.51. The van der Waals surface area contributed by atoms with Gasteiger partial charge in [0.2, 0.25) is 15.9 Å². The molecule has 5 nitrogen and oxygen atoms in total. The third kappa shape index (κ3) is 4.31. The van der Waals surface area contributed by atoms with Crippen molar-refractivity contribution in [3.63, 3.8) is 0 Å². The first-order valence-electron chi connectivity index (χ1n) is 6.91. The van der Waals surface area contributed by atoms with Crippen LogP contribution in [0.4, 0.5) is 5.69 Å². The maximum atomic E-state index is 12.2. The highest BCUT2D eigenvalue weighted by Gasteiger charge is 2.18. The molecule has 122 valence electrons. The zero-order valence-electron chi connectivity index (χ0n) is 12.8. The van der Waals surface area contributed by atoms with Crippen LogP contribution in [0.2, 0.25) is 5.02 Å². The summed E-state index contributed by atoms with van der Waals surface area (Å²) in [5, 5.41) is 2.82. The number of hydrogen-bond donors (Lipinski definition) is 2. The topological polar surface area (TPSA) is 75.3 Å². The molecule has 0 aromatic heterocycles. The fourth-order valence-corrected chi connectivity index (χ4v) is 3.60. The van der Waals surface area contributed by atoms with Crippen LogP contribution in [0, 0.1) is 13.8 Å². The van der Waals surface area contributed by atoms with Crippen LogP contribution >= 0.6 is 11.6 Å². The van der Waals surface area contributed by atoms with Gasteiger partial charge in [-0.3, -0.25) is 4.79 Å². The first kappa shape index (κ1) is 17.5. The molecule has 0 saturated carbocycles. The Bertz CT molecular complexity index is 815. The van der Waals surface area contributed by atoms with E-state index in [2.05, 4.69) is 10.0 Å². The predicted molar refractivity (Wildman–Crippen MR) is 91.2 cm³/mol. The first-order chi connectivity index (χ1) is 10.8. The van der Waals surface area contributed by atoms with Gasteiger partial charge in [0.25, 0.3) is 0 Å². The summed E-state index contributed by atoms with van der Waals surface area (Å²) in [6.07, 6.45) is 0. The Kier molecular flexibility index (Phi) is 5.41. The lowest BCUT2D eigenvalue weighted by Crippen LogP contribution is -2.33. The van der Waals surface area contributed by atoms with Crippen LogP contribution < -0.4 is 10.0 Å². The monoisotopic (exact) mass is 352 g/mol. The number of aryl methyl sites for hydroxylation is 2. The van der Waals surface area contributed by atoms with E-state index in [4.69, 9.17) is 11.6 Å². The van der Waals surface area contributed by atoms with Crippen molar-refractivity contribution >= 4 is 33.2 Å². The Morgan fingerprint density at radius 1 is 1.04 bits per heavy atom. The number of rotatable bonds is 5. The highest BCUT2D eigenvalue weighted by Crippen LogP contribution is 2.21. The largest absolute Gasteiger partial charge is 0.324 e. The molecule has 0 aliphatic carbocycles. The van der Waals surface area contributed by atoms with Crippen molar-refractivity contribution in [3.05, 3.63) is 58.6 Å². The van der Waals surface area contributed by atoms with Crippen molar-refractivity contribution in [2.45, 2.75) is 18.7 Å². The van der Waals surface area contributed by atoms with Crippen molar-refractivity contribution < 1.29 is 13.2 Å². The van der Waals surface area contributed by atoms with Gasteiger partial charge in [-0.1, -0.05) is 41.9 Å². The van der Waals surface area contributed by atoms with Gasteiger partial charge in [-0.05, 0) is 37.1 Å². The average molecular weight is 353 g/mol. The number of hydrogen-bond acceptors (Lipinski definition) is 3. The summed E-state index contributed by atoms with van der Waals surface area (Å²) in [4.78, 5) is 12.0. The molecule has 0 atom stereocenters. The van der Waals surface area contributed by atoms with Crippen LogP contribution in [-0.2, 0) is 14.8 Å². The molecule has 0 heterocycles. The minimum atomic E-state index is -3.84. The molecule has 0 spiro atoms. The smallest absolute Gasteiger partial charge is 0.242 e. The van der Waals surface area contributed by atoms with Crippen molar-refractivity contribution in [3.8, 4) is 0 Å². The quantitative estimate of drug-likeness (QED) is 0.868. The number of benzene rings is 2. The molecule has 0 aliphatic rings. The van der Waals surface area contributed by atoms with Gasteiger partial charge in [0.05, 0.1) is 11.6 Å². The predicted octanol–water partition coefficient (Wildman–Crippen LogP) is 2.87. The highest BCUT2D eigenvalue weighted by atomic mass is 35.5. The second-order valence-electron chi connectivity index (χ2n) is 5.07. The number of anilines is 1. The SMILES string of the molecule is Cc1cccc(C)c1NC(=O)CNS(=O)(=O)c1ccccc1Cl. The van der Waals surface area contributed by atoms with Crippen molar-refractivity contribution in [1.29, 1.82) is 0 Å². The van der Waals surface area contributed by atoms with E-state index in [1.807, 2.05) is 32.0 Å². The van der Waals surface area contributed by atoms with Gasteiger partial charge in [-0.15, -0.1) is 0 Å². The van der Waals surface area contributed by atoms with Gasteiger partial charge < -0.3 is 5.32 Å². The van der Waals surface area contributed by atoms with Crippen LogP contribution in [-0.4, -0.2) is 20.9 Å². The van der Waals surface area contributed by atoms with E-state index in [1.54, 1.807) is 12.1 Å². The lowest BCUT2D eigenvalue weighted by molar-refractivity contribution is -0.115. The standard InChI is InChI=1S/C16H17ClN2O3S/c1-11-6-5-7-12(2)16(11)19-15(20)10-18-23(21,22)14-9-4-3-8-13(14)17/h3-9,18H,10H2,1-2H3,(H,19,20). The van der Waals surface area contributed by atoms with Gasteiger partial charge >= 0.3 is 0 Å². The molecule has 0 radical (unpaired) electrons. The van der Waals surface area contributed by atoms with Gasteiger partial charge in [0.15, 0.2) is 0 Å². The number of amides is 1. The maximum absolute atomic E-state index is 12.2. The molecule has 2 rings (SSSR count). The second kappa shape index (κ2) is 7.12. The molecule has 0 aliphatic heterocycles. The van der Waals surface area contributed by atoms with Gasteiger partial charge in [0.1, 0.15) is 4.90 Å². The van der Waals surface area contributed by atoms with E-state index < -0.39 is 15.9 Å². The zero-order valence-corrected chi connectivity index (χ0v) is 14.3. The van der Waals surface area contributed by atoms with Crippen LogP contribution in [0.5, 0.6) is 0 Å². The molecule has 23 heavy (non-hydrogen) atoms. The molecular formula is C16H17ClN2O3S. The van der Waals surface area contributed by atoms with E-state index in [-0.39, 0.29) is 16.5 Å². The molecule has 7 heteroatoms. The second-order valence-corrected chi connectivity index (χ2v) is 7.21. The number of carbonyl (C=O) groups is 1. The highest BCUT2D eigenvalue weighted by molar-refractivity contribution is 7.89. The number of sulfonamides is 1. The van der Waals surface area contributed by atoms with E-state index in [0.29, 0.717) is 5.69 Å². The molecule has 0 unspecified atom stereocenters. The van der Waals surface area contributed by atoms with E-state index in [0.717, 1.165) is 11.1 Å². The van der Waals surface area contributed by atoms with Crippen molar-refractivity contribution in [2.75, 3.05) is 11.9 Å². The van der Waals surface area contributed by atoms with Crippen molar-refractivity contribution in [1.82, 2.24) is 4.72 Å². The van der Waals surface area contributed by atoms with Crippen LogP contribution in [0.1, 0.15) is 11.1 Å². The third-order valence-electron chi connectivity index (χ3n) is 3.29. The molecule has 0 bridgehead atoms. The summed E-state index contributed by atoms with van der Waals surface area (Å²) in [6.45, 7) is 3.37. The fraction of sp³-hybridized carbons (Fsp3) is 0.188. The minimum Gasteiger partial charge on any atom is -0.324 e. The summed E-state index contributed by atoms with van der Waals surface area (Å²) in [6, 6.07) is 11.7. The Hall–Kier alpha value is -1.89. The normalized spacial score (nSPS) is 11.3. The molecule has 2 N–H and O–H groups in total. The Balaban J connectivity index is 2.06. The van der Waals surface area contributed by atoms with Gasteiger partial charge in [-0.25, -0.2) is 13.1 Å². The molecule has 2 aromatic carbocycles. The number of halogens is 1. The van der Waals surface area contributed by atoms with Crippen LogP contribution in [0.3, 0.4) is 0 Å². The van der Waals surface area contributed by atoms with Crippen LogP contribution in [0.25, 0.3) is 0 Å². The van der Waals surface area contributed by atoms with Gasteiger partial charge in [-0.2, -0.15) is 0 Å². The molecular weight excluding hydrogens is 336 g/mol. The van der Waals surface area contributed by atoms with Gasteiger partial charge in [0, 0.05) is 5.69 Å². The molecule has 1 amide bonds. The lowest BCUT2D eigenvalue weighted by atomic mass is 10.1. The molecule has 0 fully saturated rings. The zero-order chi connectivity index (χ0) is 17.0. The molecule has 2 aromatic rings. The summed E-state index contributed by atoms with van der Waals surface area (Å²) in [7, 11) is -3.84. The molecule has 0 saturated heterocycles. The van der Waals surface area contributed by atoms with Crippen LogP contribution in [0.15, 0.2) is 47.4 Å². The Morgan fingerprint density at radius 3 is 2.26 bits per heavy atom. The average Bonchev–Trinajstić information content (AvgIpc) is 2.49. The summed E-state index contributed by atoms with van der Waals surface area (Å²) >= 11 is 5.88. The lowest BCUT2D eigenvalue weighted by Gasteiger charge is -2.12. The van der Waals surface area contributed by atoms with Crippen molar-refractivity contribution in [2.24, 2.45) is 0 Å². The number of nitrogens with one attached hydrogen (secondary N) is 2.